The van der Waals surface area contributed by atoms with Gasteiger partial charge in [0.05, 0.1) is 12.2 Å². The lowest BCUT2D eigenvalue weighted by Crippen LogP contribution is -2.59. The maximum atomic E-state index is 12.2. The Labute approximate surface area is 187 Å². The zero-order valence-corrected chi connectivity index (χ0v) is 17.1. The van der Waals surface area contributed by atoms with Crippen LogP contribution in [0.5, 0.6) is 28.7 Å². The summed E-state index contributed by atoms with van der Waals surface area (Å²) in [6.07, 6.45) is -7.30. The molecule has 0 bridgehead atoms. The number of carbonyl (C=O) groups is 1. The van der Waals surface area contributed by atoms with Crippen molar-refractivity contribution in [1.82, 2.24) is 0 Å². The van der Waals surface area contributed by atoms with E-state index in [1.54, 1.807) is 6.07 Å². The van der Waals surface area contributed by atoms with Crippen LogP contribution < -0.4 is 0 Å². The second kappa shape index (κ2) is 10.1. The summed E-state index contributed by atoms with van der Waals surface area (Å²) < 4.78 is 15.9. The van der Waals surface area contributed by atoms with E-state index in [1.165, 1.54) is 12.1 Å². The summed E-state index contributed by atoms with van der Waals surface area (Å²) >= 11 is 0. The van der Waals surface area contributed by atoms with Crippen LogP contribution in [0.2, 0.25) is 0 Å². The third-order valence-electron chi connectivity index (χ3n) is 5.07. The summed E-state index contributed by atoms with van der Waals surface area (Å²) in [5, 5.41) is 77.6. The summed E-state index contributed by atoms with van der Waals surface area (Å²) in [6.45, 7) is -0.592. The molecule has 0 radical (unpaired) electrons. The highest BCUT2D eigenvalue weighted by Gasteiger charge is 2.44. The molecule has 1 aliphatic rings. The van der Waals surface area contributed by atoms with Gasteiger partial charge in [-0.2, -0.15) is 0 Å². The van der Waals surface area contributed by atoms with Gasteiger partial charge in [0, 0.05) is 0 Å². The molecule has 0 saturated carbocycles. The number of benzene rings is 2. The molecule has 0 aromatic heterocycles. The highest BCUT2D eigenvalue weighted by Crippen LogP contribution is 2.35. The van der Waals surface area contributed by atoms with Gasteiger partial charge in [-0.1, -0.05) is 6.07 Å². The summed E-state index contributed by atoms with van der Waals surface area (Å²) in [6, 6.07) is 5.91. The minimum absolute atomic E-state index is 0.0205. The van der Waals surface area contributed by atoms with E-state index in [0.717, 1.165) is 12.1 Å². The van der Waals surface area contributed by atoms with Crippen molar-refractivity contribution in [3.8, 4) is 28.7 Å². The first-order chi connectivity index (χ1) is 15.6. The third-order valence-corrected chi connectivity index (χ3v) is 5.07. The van der Waals surface area contributed by atoms with Crippen LogP contribution in [-0.4, -0.2) is 90.7 Å². The number of hydrogen-bond donors (Lipinski definition) is 8. The standard InChI is InChI=1S/C21H24O12/c22-11-2-1-9(5-12(11)23)3-4-31-21-19(29)18(28)17(27)15(33-21)8-32-20(30)10-6-13(24)16(26)14(25)7-10/h1-2,5-7,15,17-19,21-29H,3-4,8H2/t15-,17-,18+,19-,21-/m1/s1. The van der Waals surface area contributed by atoms with Crippen molar-refractivity contribution in [3.05, 3.63) is 41.5 Å². The lowest BCUT2D eigenvalue weighted by molar-refractivity contribution is -0.300. The zero-order valence-electron chi connectivity index (χ0n) is 17.1. The van der Waals surface area contributed by atoms with E-state index in [2.05, 4.69) is 0 Å². The molecule has 0 unspecified atom stereocenters. The largest absolute Gasteiger partial charge is 0.504 e. The molecular weight excluding hydrogens is 444 g/mol. The Bertz CT molecular complexity index is 970. The molecule has 1 aliphatic heterocycles. The Hall–Kier alpha value is -3.29. The fourth-order valence-electron chi connectivity index (χ4n) is 3.17. The molecule has 12 nitrogen and oxygen atoms in total. The van der Waals surface area contributed by atoms with Crippen molar-refractivity contribution in [3.63, 3.8) is 0 Å². The number of phenols is 5. The van der Waals surface area contributed by atoms with Gasteiger partial charge in [-0.05, 0) is 36.2 Å². The first-order valence-electron chi connectivity index (χ1n) is 9.82. The van der Waals surface area contributed by atoms with E-state index in [1.807, 2.05) is 0 Å². The molecule has 5 atom stereocenters. The fourth-order valence-corrected chi connectivity index (χ4v) is 3.17. The van der Waals surface area contributed by atoms with E-state index in [4.69, 9.17) is 14.2 Å². The molecule has 12 heteroatoms. The van der Waals surface area contributed by atoms with Gasteiger partial charge in [0.25, 0.3) is 0 Å². The van der Waals surface area contributed by atoms with Crippen LogP contribution in [0.1, 0.15) is 15.9 Å². The Kier molecular flexibility index (Phi) is 7.46. The van der Waals surface area contributed by atoms with Crippen molar-refractivity contribution >= 4 is 5.97 Å². The second-order valence-corrected chi connectivity index (χ2v) is 7.42. The number of carbonyl (C=O) groups excluding carboxylic acids is 1. The van der Waals surface area contributed by atoms with E-state index >= 15 is 0 Å². The third kappa shape index (κ3) is 5.56. The quantitative estimate of drug-likeness (QED) is 0.190. The number of hydrogen-bond acceptors (Lipinski definition) is 12. The molecule has 0 amide bonds. The number of phenolic OH excluding ortho intramolecular Hbond substituents is 5. The molecule has 1 saturated heterocycles. The molecule has 0 spiro atoms. The van der Waals surface area contributed by atoms with Crippen molar-refractivity contribution in [2.45, 2.75) is 37.1 Å². The lowest BCUT2D eigenvalue weighted by Gasteiger charge is -2.40. The Morgan fingerprint density at radius 1 is 0.848 bits per heavy atom. The highest BCUT2D eigenvalue weighted by molar-refractivity contribution is 5.91. The molecule has 1 fully saturated rings. The predicted octanol–water partition coefficient (Wildman–Crippen LogP) is -0.562. The van der Waals surface area contributed by atoms with E-state index in [9.17, 15) is 45.6 Å². The van der Waals surface area contributed by atoms with E-state index in [0.29, 0.717) is 5.56 Å². The van der Waals surface area contributed by atoms with Gasteiger partial charge in [0.15, 0.2) is 35.0 Å². The van der Waals surface area contributed by atoms with Crippen LogP contribution in [0, 0.1) is 0 Å². The molecule has 3 rings (SSSR count). The van der Waals surface area contributed by atoms with Gasteiger partial charge in [0.2, 0.25) is 0 Å². The number of aromatic hydroxyl groups is 5. The average Bonchev–Trinajstić information content (AvgIpc) is 2.78. The Morgan fingerprint density at radius 2 is 1.52 bits per heavy atom. The van der Waals surface area contributed by atoms with Gasteiger partial charge in [-0.3, -0.25) is 0 Å². The minimum atomic E-state index is -1.67. The van der Waals surface area contributed by atoms with Gasteiger partial charge in [0.1, 0.15) is 31.0 Å². The molecule has 33 heavy (non-hydrogen) atoms. The van der Waals surface area contributed by atoms with Crippen LogP contribution in [0.3, 0.4) is 0 Å². The Morgan fingerprint density at radius 3 is 2.15 bits per heavy atom. The van der Waals surface area contributed by atoms with Crippen LogP contribution >= 0.6 is 0 Å². The molecular formula is C21H24O12. The molecule has 2 aromatic carbocycles. The first kappa shape index (κ1) is 24.4. The monoisotopic (exact) mass is 468 g/mol. The topological polar surface area (TPSA) is 207 Å². The zero-order chi connectivity index (χ0) is 24.3. The fraction of sp³-hybridized carbons (Fsp3) is 0.381. The second-order valence-electron chi connectivity index (χ2n) is 7.42. The van der Waals surface area contributed by atoms with E-state index in [-0.39, 0.29) is 30.1 Å². The van der Waals surface area contributed by atoms with Crippen LogP contribution in [0.15, 0.2) is 30.3 Å². The normalized spacial score (nSPS) is 25.0. The van der Waals surface area contributed by atoms with Crippen LogP contribution in [-0.2, 0) is 20.6 Å². The highest BCUT2D eigenvalue weighted by atomic mass is 16.7. The molecule has 8 N–H and O–H groups in total. The SMILES string of the molecule is O=C(OC[C@H]1O[C@@H](OCCc2ccc(O)c(O)c2)[C@H](O)[C@@H](O)[C@@H]1O)c1cc(O)c(O)c(O)c1. The van der Waals surface area contributed by atoms with Gasteiger partial charge < -0.3 is 55.1 Å². The summed E-state index contributed by atoms with van der Waals surface area (Å²) in [5.41, 5.74) is 0.320. The van der Waals surface area contributed by atoms with Crippen molar-refractivity contribution in [1.29, 1.82) is 0 Å². The lowest BCUT2D eigenvalue weighted by atomic mass is 9.99. The van der Waals surface area contributed by atoms with Gasteiger partial charge in [-0.15, -0.1) is 0 Å². The van der Waals surface area contributed by atoms with Crippen molar-refractivity contribution < 1.29 is 59.9 Å². The number of ether oxygens (including phenoxy) is 3. The summed E-state index contributed by atoms with van der Waals surface area (Å²) in [7, 11) is 0. The maximum Gasteiger partial charge on any atom is 0.338 e. The average molecular weight is 468 g/mol. The number of aliphatic hydroxyl groups is 3. The number of esters is 1. The maximum absolute atomic E-state index is 12.2. The smallest absolute Gasteiger partial charge is 0.338 e. The molecule has 1 heterocycles. The van der Waals surface area contributed by atoms with Crippen molar-refractivity contribution in [2.75, 3.05) is 13.2 Å². The van der Waals surface area contributed by atoms with Crippen LogP contribution in [0.4, 0.5) is 0 Å². The number of aliphatic hydroxyl groups excluding tert-OH is 3. The molecule has 2 aromatic rings. The predicted molar refractivity (Wildman–Crippen MR) is 108 cm³/mol. The first-order valence-corrected chi connectivity index (χ1v) is 9.82. The number of rotatable bonds is 7. The van der Waals surface area contributed by atoms with Gasteiger partial charge >= 0.3 is 5.97 Å². The summed E-state index contributed by atoms with van der Waals surface area (Å²) in [5.74, 6) is -3.91. The molecule has 180 valence electrons. The minimum Gasteiger partial charge on any atom is -0.504 e. The van der Waals surface area contributed by atoms with Crippen molar-refractivity contribution in [2.24, 2.45) is 0 Å². The summed E-state index contributed by atoms with van der Waals surface area (Å²) in [4.78, 5) is 12.2. The van der Waals surface area contributed by atoms with E-state index < -0.39 is 60.5 Å². The van der Waals surface area contributed by atoms with Gasteiger partial charge in [-0.25, -0.2) is 4.79 Å². The molecule has 0 aliphatic carbocycles. The van der Waals surface area contributed by atoms with Crippen LogP contribution in [0.25, 0.3) is 0 Å². The Balaban J connectivity index is 1.58.